The summed E-state index contributed by atoms with van der Waals surface area (Å²) in [5.74, 6) is -0.739. The first-order chi connectivity index (χ1) is 9.08. The molecule has 0 radical (unpaired) electrons. The quantitative estimate of drug-likeness (QED) is 0.906. The Labute approximate surface area is 115 Å². The Morgan fingerprint density at radius 2 is 2.11 bits per heavy atom. The fraction of sp³-hybridized carbons (Fsp3) is 0.357. The fourth-order valence-corrected chi connectivity index (χ4v) is 2.47. The van der Waals surface area contributed by atoms with Crippen molar-refractivity contribution in [2.75, 3.05) is 6.54 Å². The molecule has 0 amide bonds. The topological polar surface area (TPSA) is 24.9 Å². The average Bonchev–Trinajstić information content (AvgIpc) is 2.86. The van der Waals surface area contributed by atoms with Gasteiger partial charge in [0.25, 0.3) is 0 Å². The minimum Gasteiger partial charge on any atom is -0.310 e. The van der Waals surface area contributed by atoms with Gasteiger partial charge in [-0.3, -0.25) is 0 Å². The maximum Gasteiger partial charge on any atom is 0.128 e. The van der Waals surface area contributed by atoms with E-state index in [0.29, 0.717) is 17.7 Å². The van der Waals surface area contributed by atoms with Crippen molar-refractivity contribution < 1.29 is 8.78 Å². The van der Waals surface area contributed by atoms with Gasteiger partial charge in [0.15, 0.2) is 0 Å². The Bertz CT molecular complexity index is 541. The van der Waals surface area contributed by atoms with E-state index < -0.39 is 0 Å². The van der Waals surface area contributed by atoms with Crippen LogP contribution in [0.3, 0.4) is 0 Å². The highest BCUT2D eigenvalue weighted by Crippen LogP contribution is 2.20. The summed E-state index contributed by atoms with van der Waals surface area (Å²) < 4.78 is 27.2. The third kappa shape index (κ3) is 3.58. The second kappa shape index (κ2) is 6.21. The van der Waals surface area contributed by atoms with Gasteiger partial charge in [-0.15, -0.1) is 11.3 Å². The van der Waals surface area contributed by atoms with Crippen molar-refractivity contribution >= 4 is 11.3 Å². The number of thiazole rings is 1. The number of rotatable bonds is 5. The van der Waals surface area contributed by atoms with Gasteiger partial charge in [-0.2, -0.15) is 0 Å². The number of halogens is 2. The standard InChI is InChI=1S/C14H16F2N2S/c1-9-5-14(16)12(6-13(9)15)10(2)17-4-3-11-7-19-8-18-11/h5-8,10,17H,3-4H2,1-2H3. The monoisotopic (exact) mass is 282 g/mol. The summed E-state index contributed by atoms with van der Waals surface area (Å²) in [5, 5.41) is 5.17. The van der Waals surface area contributed by atoms with Crippen LogP contribution >= 0.6 is 11.3 Å². The number of nitrogens with zero attached hydrogens (tertiary/aromatic N) is 1. The third-order valence-corrected chi connectivity index (χ3v) is 3.69. The molecule has 0 fully saturated rings. The van der Waals surface area contributed by atoms with Crippen LogP contribution in [0.5, 0.6) is 0 Å². The van der Waals surface area contributed by atoms with Crippen LogP contribution in [-0.2, 0) is 6.42 Å². The second-order valence-corrected chi connectivity index (χ2v) is 5.25. The molecule has 2 rings (SSSR count). The Hall–Kier alpha value is -1.33. The molecule has 5 heteroatoms. The molecule has 0 aliphatic heterocycles. The van der Waals surface area contributed by atoms with Gasteiger partial charge in [0.05, 0.1) is 11.2 Å². The van der Waals surface area contributed by atoms with Crippen molar-refractivity contribution in [1.29, 1.82) is 0 Å². The van der Waals surface area contributed by atoms with Crippen molar-refractivity contribution in [3.8, 4) is 0 Å². The zero-order chi connectivity index (χ0) is 13.8. The van der Waals surface area contributed by atoms with Gasteiger partial charge >= 0.3 is 0 Å². The Morgan fingerprint density at radius 3 is 2.79 bits per heavy atom. The molecule has 0 aliphatic carbocycles. The summed E-state index contributed by atoms with van der Waals surface area (Å²) in [6.45, 7) is 4.07. The van der Waals surface area contributed by atoms with Gasteiger partial charge in [0.1, 0.15) is 11.6 Å². The van der Waals surface area contributed by atoms with E-state index >= 15 is 0 Å². The fourth-order valence-electron chi connectivity index (χ4n) is 1.88. The summed E-state index contributed by atoms with van der Waals surface area (Å²) in [7, 11) is 0. The predicted molar refractivity (Wildman–Crippen MR) is 73.3 cm³/mol. The zero-order valence-electron chi connectivity index (χ0n) is 10.9. The maximum absolute atomic E-state index is 13.8. The van der Waals surface area contributed by atoms with Gasteiger partial charge < -0.3 is 5.32 Å². The van der Waals surface area contributed by atoms with Crippen LogP contribution in [0.4, 0.5) is 8.78 Å². The second-order valence-electron chi connectivity index (χ2n) is 4.53. The molecule has 19 heavy (non-hydrogen) atoms. The van der Waals surface area contributed by atoms with E-state index in [9.17, 15) is 8.78 Å². The van der Waals surface area contributed by atoms with Crippen molar-refractivity contribution in [2.24, 2.45) is 0 Å². The Morgan fingerprint density at radius 1 is 1.32 bits per heavy atom. The number of benzene rings is 1. The molecule has 1 N–H and O–H groups in total. The molecule has 102 valence electrons. The van der Waals surface area contributed by atoms with Gasteiger partial charge in [-0.25, -0.2) is 13.8 Å². The lowest BCUT2D eigenvalue weighted by Gasteiger charge is -2.15. The van der Waals surface area contributed by atoms with Gasteiger partial charge in [0, 0.05) is 30.0 Å². The number of hydrogen-bond donors (Lipinski definition) is 1. The molecule has 2 aromatic rings. The molecule has 1 atom stereocenters. The molecule has 0 aliphatic rings. The van der Waals surface area contributed by atoms with Crippen LogP contribution < -0.4 is 5.32 Å². The van der Waals surface area contributed by atoms with E-state index in [-0.39, 0.29) is 17.7 Å². The molecular formula is C14H16F2N2S. The summed E-state index contributed by atoms with van der Waals surface area (Å²) in [4.78, 5) is 4.17. The SMILES string of the molecule is Cc1cc(F)c(C(C)NCCc2cscn2)cc1F. The Balaban J connectivity index is 1.96. The molecule has 1 unspecified atom stereocenters. The molecule has 0 bridgehead atoms. The highest BCUT2D eigenvalue weighted by Gasteiger charge is 2.13. The van der Waals surface area contributed by atoms with Gasteiger partial charge in [-0.05, 0) is 31.5 Å². The predicted octanol–water partition coefficient (Wildman–Crippen LogP) is 3.62. The van der Waals surface area contributed by atoms with Crippen molar-refractivity contribution in [3.63, 3.8) is 0 Å². The lowest BCUT2D eigenvalue weighted by Crippen LogP contribution is -2.22. The van der Waals surface area contributed by atoms with E-state index in [4.69, 9.17) is 0 Å². The normalized spacial score (nSPS) is 12.6. The van der Waals surface area contributed by atoms with E-state index in [2.05, 4.69) is 10.3 Å². The van der Waals surface area contributed by atoms with Crippen LogP contribution in [0, 0.1) is 18.6 Å². The molecular weight excluding hydrogens is 266 g/mol. The van der Waals surface area contributed by atoms with Crippen LogP contribution in [0.15, 0.2) is 23.0 Å². The highest BCUT2D eigenvalue weighted by molar-refractivity contribution is 7.07. The van der Waals surface area contributed by atoms with Crippen molar-refractivity contribution in [2.45, 2.75) is 26.3 Å². The summed E-state index contributed by atoms with van der Waals surface area (Å²) >= 11 is 1.55. The highest BCUT2D eigenvalue weighted by atomic mass is 32.1. The molecule has 1 aromatic heterocycles. The zero-order valence-corrected chi connectivity index (χ0v) is 11.7. The van der Waals surface area contributed by atoms with Crippen LogP contribution in [0.2, 0.25) is 0 Å². The average molecular weight is 282 g/mol. The molecule has 0 saturated carbocycles. The summed E-state index contributed by atoms with van der Waals surface area (Å²) in [6.07, 6.45) is 0.782. The van der Waals surface area contributed by atoms with E-state index in [1.54, 1.807) is 23.8 Å². The lowest BCUT2D eigenvalue weighted by atomic mass is 10.0. The third-order valence-electron chi connectivity index (χ3n) is 3.06. The molecule has 0 saturated heterocycles. The smallest absolute Gasteiger partial charge is 0.128 e. The van der Waals surface area contributed by atoms with Crippen molar-refractivity contribution in [1.82, 2.24) is 10.3 Å². The summed E-state index contributed by atoms with van der Waals surface area (Å²) in [5.41, 5.74) is 3.49. The minimum absolute atomic E-state index is 0.228. The number of hydrogen-bond acceptors (Lipinski definition) is 3. The van der Waals surface area contributed by atoms with Gasteiger partial charge in [0.2, 0.25) is 0 Å². The number of aromatic nitrogens is 1. The molecule has 0 spiro atoms. The van der Waals surface area contributed by atoms with Crippen LogP contribution in [0.1, 0.15) is 29.8 Å². The van der Waals surface area contributed by atoms with E-state index in [1.165, 1.54) is 12.1 Å². The van der Waals surface area contributed by atoms with E-state index in [1.807, 2.05) is 12.3 Å². The molecule has 2 nitrogen and oxygen atoms in total. The first-order valence-electron chi connectivity index (χ1n) is 6.14. The van der Waals surface area contributed by atoms with Crippen LogP contribution in [-0.4, -0.2) is 11.5 Å². The number of aryl methyl sites for hydroxylation is 1. The Kier molecular flexibility index (Phi) is 4.61. The number of nitrogens with one attached hydrogen (secondary N) is 1. The minimum atomic E-state index is -0.371. The largest absolute Gasteiger partial charge is 0.310 e. The summed E-state index contributed by atoms with van der Waals surface area (Å²) in [6, 6.07) is 2.28. The first kappa shape index (κ1) is 14.1. The van der Waals surface area contributed by atoms with Crippen LogP contribution in [0.25, 0.3) is 0 Å². The molecule has 1 aromatic carbocycles. The lowest BCUT2D eigenvalue weighted by molar-refractivity contribution is 0.518. The molecule has 1 heterocycles. The van der Waals surface area contributed by atoms with Gasteiger partial charge in [-0.1, -0.05) is 0 Å². The maximum atomic E-state index is 13.8. The first-order valence-corrected chi connectivity index (χ1v) is 7.08. The van der Waals surface area contributed by atoms with E-state index in [0.717, 1.165) is 12.1 Å². The van der Waals surface area contributed by atoms with Crippen molar-refractivity contribution in [3.05, 3.63) is 51.5 Å².